The van der Waals surface area contributed by atoms with Crippen LogP contribution in [0.25, 0.3) is 0 Å². The van der Waals surface area contributed by atoms with Crippen LogP contribution >= 0.6 is 11.8 Å². The first-order chi connectivity index (χ1) is 10.1. The summed E-state index contributed by atoms with van der Waals surface area (Å²) in [5.74, 6) is -0.269. The lowest BCUT2D eigenvalue weighted by molar-refractivity contribution is 0.0694. The maximum Gasteiger partial charge on any atom is 0.339 e. The molecule has 0 fully saturated rings. The number of hydrogen-bond acceptors (Lipinski definition) is 4. The Morgan fingerprint density at radius 2 is 2.24 bits per heavy atom. The second-order valence-corrected chi connectivity index (χ2v) is 5.50. The molecule has 0 unspecified atom stereocenters. The summed E-state index contributed by atoms with van der Waals surface area (Å²) in [5.41, 5.74) is 0.700. The Kier molecular flexibility index (Phi) is 5.27. The highest BCUT2D eigenvalue weighted by atomic mass is 32.2. The first-order valence-electron chi connectivity index (χ1n) is 6.56. The number of carboxylic acid groups (broad SMARTS) is 1. The van der Waals surface area contributed by atoms with E-state index in [0.717, 1.165) is 11.3 Å². The van der Waals surface area contributed by atoms with Crippen molar-refractivity contribution in [3.63, 3.8) is 0 Å². The summed E-state index contributed by atoms with van der Waals surface area (Å²) in [5, 5.41) is 9.09. The zero-order valence-electron chi connectivity index (χ0n) is 11.5. The predicted molar refractivity (Wildman–Crippen MR) is 78.9 cm³/mol. The van der Waals surface area contributed by atoms with Crippen molar-refractivity contribution in [1.29, 1.82) is 0 Å². The normalized spacial score (nSPS) is 10.6. The second-order valence-electron chi connectivity index (χ2n) is 4.45. The van der Waals surface area contributed by atoms with Crippen LogP contribution in [0, 0.1) is 5.82 Å². The Balaban J connectivity index is 2.13. The van der Waals surface area contributed by atoms with Gasteiger partial charge in [0, 0.05) is 11.1 Å². The van der Waals surface area contributed by atoms with Crippen molar-refractivity contribution < 1.29 is 14.3 Å². The molecular formula is C15H15FN2O2S. The third-order valence-electron chi connectivity index (χ3n) is 2.80. The minimum atomic E-state index is -1.01. The molecule has 0 aliphatic heterocycles. The topological polar surface area (TPSA) is 63.1 Å². The van der Waals surface area contributed by atoms with Gasteiger partial charge in [-0.1, -0.05) is 19.4 Å². The quantitative estimate of drug-likeness (QED) is 0.827. The fourth-order valence-electron chi connectivity index (χ4n) is 1.84. The van der Waals surface area contributed by atoms with Crippen molar-refractivity contribution in [2.24, 2.45) is 0 Å². The minimum Gasteiger partial charge on any atom is -0.478 e. The van der Waals surface area contributed by atoms with E-state index in [0.29, 0.717) is 23.7 Å². The number of carbonyl (C=O) groups is 1. The molecular weight excluding hydrogens is 291 g/mol. The summed E-state index contributed by atoms with van der Waals surface area (Å²) in [6.45, 7) is 1.97. The molecule has 0 saturated heterocycles. The second kappa shape index (κ2) is 7.17. The molecule has 0 bridgehead atoms. The third kappa shape index (κ3) is 4.26. The molecule has 110 valence electrons. The molecule has 1 aromatic carbocycles. The Morgan fingerprint density at radius 3 is 2.90 bits per heavy atom. The van der Waals surface area contributed by atoms with Gasteiger partial charge in [0.2, 0.25) is 0 Å². The number of nitrogens with zero attached hydrogens (tertiary/aromatic N) is 2. The fourth-order valence-corrected chi connectivity index (χ4v) is 2.64. The summed E-state index contributed by atoms with van der Waals surface area (Å²) >= 11 is 1.42. The average molecular weight is 306 g/mol. The number of hydrogen-bond donors (Lipinski definition) is 1. The van der Waals surface area contributed by atoms with Gasteiger partial charge in [0.05, 0.1) is 17.0 Å². The van der Waals surface area contributed by atoms with Gasteiger partial charge >= 0.3 is 5.97 Å². The van der Waals surface area contributed by atoms with E-state index in [2.05, 4.69) is 9.97 Å². The summed E-state index contributed by atoms with van der Waals surface area (Å²) in [4.78, 5) is 20.3. The van der Waals surface area contributed by atoms with Gasteiger partial charge in [0.25, 0.3) is 0 Å². The Bertz CT molecular complexity index is 649. The van der Waals surface area contributed by atoms with Crippen LogP contribution in [0.15, 0.2) is 35.4 Å². The summed E-state index contributed by atoms with van der Waals surface area (Å²) < 4.78 is 13.1. The van der Waals surface area contributed by atoms with E-state index < -0.39 is 5.97 Å². The zero-order chi connectivity index (χ0) is 15.2. The molecule has 2 rings (SSSR count). The van der Waals surface area contributed by atoms with Crippen LogP contribution < -0.4 is 0 Å². The Morgan fingerprint density at radius 1 is 1.43 bits per heavy atom. The molecule has 6 heteroatoms. The minimum absolute atomic E-state index is 0.149. The highest BCUT2D eigenvalue weighted by Gasteiger charge is 2.13. The van der Waals surface area contributed by atoms with Crippen LogP contribution in [-0.4, -0.2) is 21.0 Å². The molecule has 0 radical (unpaired) electrons. The molecule has 0 spiro atoms. The van der Waals surface area contributed by atoms with Gasteiger partial charge < -0.3 is 5.11 Å². The summed E-state index contributed by atoms with van der Waals surface area (Å²) in [7, 11) is 0. The van der Waals surface area contributed by atoms with Crippen molar-refractivity contribution in [2.45, 2.75) is 30.4 Å². The van der Waals surface area contributed by atoms with Gasteiger partial charge in [-0.25, -0.2) is 19.2 Å². The average Bonchev–Trinajstić information content (AvgIpc) is 2.45. The first-order valence-corrected chi connectivity index (χ1v) is 7.55. The number of halogens is 1. The molecule has 2 aromatic rings. The number of aromatic carboxylic acids is 1. The molecule has 1 aromatic heterocycles. The number of rotatable bonds is 6. The van der Waals surface area contributed by atoms with Crippen molar-refractivity contribution in [1.82, 2.24) is 9.97 Å². The van der Waals surface area contributed by atoms with Gasteiger partial charge in [-0.05, 0) is 24.6 Å². The standard InChI is InChI=1S/C15H15FN2O2S/c1-2-4-13-12(15(19)20)8-17-14(18-13)9-21-11-6-3-5-10(16)7-11/h3,5-8H,2,4,9H2,1H3,(H,19,20). The van der Waals surface area contributed by atoms with E-state index in [9.17, 15) is 9.18 Å². The molecule has 1 heterocycles. The smallest absolute Gasteiger partial charge is 0.339 e. The van der Waals surface area contributed by atoms with Crippen molar-refractivity contribution >= 4 is 17.7 Å². The highest BCUT2D eigenvalue weighted by Crippen LogP contribution is 2.22. The van der Waals surface area contributed by atoms with E-state index in [1.807, 2.05) is 13.0 Å². The van der Waals surface area contributed by atoms with Crippen LogP contribution in [-0.2, 0) is 12.2 Å². The lowest BCUT2D eigenvalue weighted by Crippen LogP contribution is -2.08. The van der Waals surface area contributed by atoms with E-state index in [4.69, 9.17) is 5.11 Å². The largest absolute Gasteiger partial charge is 0.478 e. The summed E-state index contributed by atoms with van der Waals surface area (Å²) in [6.07, 6.45) is 2.76. The Hall–Kier alpha value is -1.95. The van der Waals surface area contributed by atoms with E-state index in [-0.39, 0.29) is 11.4 Å². The number of benzene rings is 1. The maximum atomic E-state index is 13.1. The maximum absolute atomic E-state index is 13.1. The van der Waals surface area contributed by atoms with Gasteiger partial charge in [0.1, 0.15) is 11.6 Å². The molecule has 0 atom stereocenters. The number of aromatic nitrogens is 2. The van der Waals surface area contributed by atoms with Crippen LogP contribution in [0.4, 0.5) is 4.39 Å². The van der Waals surface area contributed by atoms with E-state index >= 15 is 0 Å². The number of carboxylic acids is 1. The van der Waals surface area contributed by atoms with Crippen molar-refractivity contribution in [3.05, 3.63) is 53.4 Å². The molecule has 1 N–H and O–H groups in total. The fraction of sp³-hybridized carbons (Fsp3) is 0.267. The lowest BCUT2D eigenvalue weighted by atomic mass is 10.1. The number of aryl methyl sites for hydroxylation is 1. The van der Waals surface area contributed by atoms with Crippen LogP contribution in [0.5, 0.6) is 0 Å². The van der Waals surface area contributed by atoms with Crippen LogP contribution in [0.1, 0.15) is 35.2 Å². The molecule has 21 heavy (non-hydrogen) atoms. The SMILES string of the molecule is CCCc1nc(CSc2cccc(F)c2)ncc1C(=O)O. The van der Waals surface area contributed by atoms with Crippen molar-refractivity contribution in [2.75, 3.05) is 0 Å². The number of thioether (sulfide) groups is 1. The van der Waals surface area contributed by atoms with E-state index in [1.54, 1.807) is 6.07 Å². The van der Waals surface area contributed by atoms with Gasteiger partial charge in [-0.3, -0.25) is 0 Å². The van der Waals surface area contributed by atoms with Crippen LogP contribution in [0.3, 0.4) is 0 Å². The monoisotopic (exact) mass is 306 g/mol. The molecule has 0 aliphatic carbocycles. The van der Waals surface area contributed by atoms with Gasteiger partial charge in [-0.15, -0.1) is 11.8 Å². The van der Waals surface area contributed by atoms with Crippen molar-refractivity contribution in [3.8, 4) is 0 Å². The lowest BCUT2D eigenvalue weighted by Gasteiger charge is -2.06. The molecule has 0 aliphatic rings. The van der Waals surface area contributed by atoms with Gasteiger partial charge in [-0.2, -0.15) is 0 Å². The zero-order valence-corrected chi connectivity index (χ0v) is 12.4. The summed E-state index contributed by atoms with van der Waals surface area (Å²) in [6, 6.07) is 6.30. The highest BCUT2D eigenvalue weighted by molar-refractivity contribution is 7.98. The molecule has 4 nitrogen and oxygen atoms in total. The molecule has 0 saturated carbocycles. The first kappa shape index (κ1) is 15.4. The van der Waals surface area contributed by atoms with Gasteiger partial charge in [0.15, 0.2) is 0 Å². The molecule has 0 amide bonds. The van der Waals surface area contributed by atoms with Crippen LogP contribution in [0.2, 0.25) is 0 Å². The third-order valence-corrected chi connectivity index (χ3v) is 3.79. The van der Waals surface area contributed by atoms with E-state index in [1.165, 1.54) is 30.1 Å². The predicted octanol–water partition coefficient (Wildman–Crippen LogP) is 3.56. The Labute approximate surface area is 126 Å².